The number of halogens is 1. The van der Waals surface area contributed by atoms with Crippen LogP contribution in [0.1, 0.15) is 11.1 Å². The van der Waals surface area contributed by atoms with Crippen molar-refractivity contribution in [2.45, 2.75) is 6.61 Å². The Morgan fingerprint density at radius 3 is 2.36 bits per heavy atom. The summed E-state index contributed by atoms with van der Waals surface area (Å²) in [6.45, 7) is 0.390. The number of rotatable bonds is 6. The summed E-state index contributed by atoms with van der Waals surface area (Å²) >= 11 is 3.37. The fourth-order valence-corrected chi connectivity index (χ4v) is 3.77. The molecule has 1 aliphatic heterocycles. The molecule has 4 rings (SSSR count). The number of anilines is 1. The molecule has 1 fully saturated rings. The molecule has 1 N–H and O–H groups in total. The zero-order chi connectivity index (χ0) is 23.4. The Bertz CT molecular complexity index is 1240. The van der Waals surface area contributed by atoms with E-state index in [2.05, 4.69) is 21.2 Å². The van der Waals surface area contributed by atoms with Gasteiger partial charge in [0.05, 0.1) is 12.8 Å². The molecule has 0 bridgehead atoms. The monoisotopic (exact) mass is 506 g/mol. The molecule has 8 heteroatoms. The van der Waals surface area contributed by atoms with Crippen molar-refractivity contribution >= 4 is 45.5 Å². The highest BCUT2D eigenvalue weighted by Crippen LogP contribution is 2.27. The molecule has 0 unspecified atom stereocenters. The zero-order valence-corrected chi connectivity index (χ0v) is 19.2. The summed E-state index contributed by atoms with van der Waals surface area (Å²) in [5.41, 5.74) is 1.73. The topological polar surface area (TPSA) is 84.9 Å². The van der Waals surface area contributed by atoms with E-state index in [0.717, 1.165) is 14.9 Å². The van der Waals surface area contributed by atoms with Gasteiger partial charge in [0.2, 0.25) is 0 Å². The maximum atomic E-state index is 13.1. The number of ether oxygens (including phenoxy) is 2. The molecule has 3 aromatic carbocycles. The van der Waals surface area contributed by atoms with Crippen LogP contribution < -0.4 is 19.7 Å². The van der Waals surface area contributed by atoms with Gasteiger partial charge in [-0.15, -0.1) is 0 Å². The summed E-state index contributed by atoms with van der Waals surface area (Å²) in [6, 6.07) is 20.6. The highest BCUT2D eigenvalue weighted by atomic mass is 79.9. The van der Waals surface area contributed by atoms with E-state index in [1.165, 1.54) is 13.2 Å². The molecule has 33 heavy (non-hydrogen) atoms. The van der Waals surface area contributed by atoms with E-state index in [4.69, 9.17) is 9.47 Å². The summed E-state index contributed by atoms with van der Waals surface area (Å²) in [5, 5.41) is 2.22. The largest absolute Gasteiger partial charge is 0.497 e. The number of carbonyl (C=O) groups excluding carboxylic acids is 3. The second-order valence-corrected chi connectivity index (χ2v) is 8.07. The van der Waals surface area contributed by atoms with Crippen molar-refractivity contribution in [1.82, 2.24) is 5.32 Å². The average molecular weight is 507 g/mol. The molecule has 7 nitrogen and oxygen atoms in total. The Kier molecular flexibility index (Phi) is 6.55. The lowest BCUT2D eigenvalue weighted by Gasteiger charge is -2.26. The Hall–Kier alpha value is -3.91. The second-order valence-electron chi connectivity index (χ2n) is 7.15. The highest BCUT2D eigenvalue weighted by molar-refractivity contribution is 9.10. The van der Waals surface area contributed by atoms with E-state index in [1.54, 1.807) is 42.5 Å². The standard InChI is InChI=1S/C25H19BrN2O5/c1-32-21-12-17(11-18(26)14-21)13-22-23(29)27-25(31)28(24(22)30)19-7-9-20(10-8-19)33-15-16-5-3-2-4-6-16/h2-14H,15H2,1H3,(H,27,29,31)/b22-13+. The first-order chi connectivity index (χ1) is 15.9. The van der Waals surface area contributed by atoms with Crippen LogP contribution in [0.15, 0.2) is 82.8 Å². The zero-order valence-electron chi connectivity index (χ0n) is 17.6. The number of barbiturate groups is 1. The number of nitrogens with zero attached hydrogens (tertiary/aromatic N) is 1. The number of methoxy groups -OCH3 is 1. The number of amides is 4. The molecule has 1 saturated heterocycles. The normalized spacial score (nSPS) is 14.9. The lowest BCUT2D eigenvalue weighted by molar-refractivity contribution is -0.122. The van der Waals surface area contributed by atoms with Crippen molar-refractivity contribution in [3.05, 3.63) is 94.0 Å². The van der Waals surface area contributed by atoms with Gasteiger partial charge in [-0.2, -0.15) is 0 Å². The molecule has 0 spiro atoms. The Labute approximate surface area is 198 Å². The maximum Gasteiger partial charge on any atom is 0.335 e. The van der Waals surface area contributed by atoms with E-state index >= 15 is 0 Å². The predicted octanol–water partition coefficient (Wildman–Crippen LogP) is 4.70. The number of carbonyl (C=O) groups is 3. The Morgan fingerprint density at radius 1 is 0.939 bits per heavy atom. The van der Waals surface area contributed by atoms with Crippen LogP contribution in [0.25, 0.3) is 6.08 Å². The second kappa shape index (κ2) is 9.70. The van der Waals surface area contributed by atoms with Crippen molar-refractivity contribution in [3.63, 3.8) is 0 Å². The van der Waals surface area contributed by atoms with Crippen LogP contribution in [0.3, 0.4) is 0 Å². The van der Waals surface area contributed by atoms with Gasteiger partial charge < -0.3 is 9.47 Å². The predicted molar refractivity (Wildman–Crippen MR) is 127 cm³/mol. The van der Waals surface area contributed by atoms with Gasteiger partial charge in [0.15, 0.2) is 0 Å². The number of urea groups is 1. The van der Waals surface area contributed by atoms with Crippen LogP contribution in [0.5, 0.6) is 11.5 Å². The molecule has 0 aromatic heterocycles. The van der Waals surface area contributed by atoms with Crippen molar-refractivity contribution in [1.29, 1.82) is 0 Å². The quantitative estimate of drug-likeness (QED) is 0.386. The molecular formula is C25H19BrN2O5. The van der Waals surface area contributed by atoms with E-state index in [1.807, 2.05) is 30.3 Å². The molecule has 0 aliphatic carbocycles. The first-order valence-corrected chi connectivity index (χ1v) is 10.8. The summed E-state index contributed by atoms with van der Waals surface area (Å²) in [5.74, 6) is -0.344. The van der Waals surface area contributed by atoms with Crippen molar-refractivity contribution in [2.24, 2.45) is 0 Å². The van der Waals surface area contributed by atoms with Crippen LogP contribution in [0, 0.1) is 0 Å². The average Bonchev–Trinajstić information content (AvgIpc) is 2.81. The first-order valence-electron chi connectivity index (χ1n) is 9.97. The Morgan fingerprint density at radius 2 is 1.67 bits per heavy atom. The summed E-state index contributed by atoms with van der Waals surface area (Å²) in [7, 11) is 1.52. The number of benzene rings is 3. The van der Waals surface area contributed by atoms with Gasteiger partial charge in [0.1, 0.15) is 23.7 Å². The summed E-state index contributed by atoms with van der Waals surface area (Å²) in [6.07, 6.45) is 1.42. The van der Waals surface area contributed by atoms with Gasteiger partial charge in [0.25, 0.3) is 11.8 Å². The number of hydrogen-bond donors (Lipinski definition) is 1. The van der Waals surface area contributed by atoms with Gasteiger partial charge in [0, 0.05) is 4.47 Å². The molecule has 0 saturated carbocycles. The summed E-state index contributed by atoms with van der Waals surface area (Å²) in [4.78, 5) is 38.9. The van der Waals surface area contributed by atoms with Crippen LogP contribution >= 0.6 is 15.9 Å². The van der Waals surface area contributed by atoms with Gasteiger partial charge in [-0.05, 0) is 59.7 Å². The molecule has 3 aromatic rings. The van der Waals surface area contributed by atoms with Crippen molar-refractivity contribution < 1.29 is 23.9 Å². The third kappa shape index (κ3) is 5.12. The third-order valence-corrected chi connectivity index (χ3v) is 5.34. The van der Waals surface area contributed by atoms with Gasteiger partial charge >= 0.3 is 6.03 Å². The SMILES string of the molecule is COc1cc(Br)cc(/C=C2\C(=O)NC(=O)N(c3ccc(OCc4ccccc4)cc3)C2=O)c1. The van der Waals surface area contributed by atoms with Crippen molar-refractivity contribution in [2.75, 3.05) is 12.0 Å². The highest BCUT2D eigenvalue weighted by Gasteiger charge is 2.36. The fourth-order valence-electron chi connectivity index (χ4n) is 3.28. The minimum atomic E-state index is -0.813. The molecule has 0 atom stereocenters. The minimum absolute atomic E-state index is 0.167. The molecule has 4 amide bonds. The summed E-state index contributed by atoms with van der Waals surface area (Å²) < 4.78 is 11.7. The fraction of sp³-hybridized carbons (Fsp3) is 0.0800. The molecular weight excluding hydrogens is 488 g/mol. The lowest BCUT2D eigenvalue weighted by Crippen LogP contribution is -2.54. The van der Waals surface area contributed by atoms with Gasteiger partial charge in [-0.1, -0.05) is 46.3 Å². The number of imide groups is 2. The lowest BCUT2D eigenvalue weighted by atomic mass is 10.1. The van der Waals surface area contributed by atoms with Crippen LogP contribution in [-0.2, 0) is 16.2 Å². The maximum absolute atomic E-state index is 13.1. The molecule has 1 heterocycles. The van der Waals surface area contributed by atoms with E-state index in [-0.39, 0.29) is 5.57 Å². The molecule has 0 radical (unpaired) electrons. The van der Waals surface area contributed by atoms with Gasteiger partial charge in [-0.25, -0.2) is 9.69 Å². The van der Waals surface area contributed by atoms with E-state index < -0.39 is 17.8 Å². The van der Waals surface area contributed by atoms with Crippen LogP contribution in [0.4, 0.5) is 10.5 Å². The number of hydrogen-bond acceptors (Lipinski definition) is 5. The van der Waals surface area contributed by atoms with Crippen LogP contribution in [0.2, 0.25) is 0 Å². The van der Waals surface area contributed by atoms with Gasteiger partial charge in [-0.3, -0.25) is 14.9 Å². The van der Waals surface area contributed by atoms with E-state index in [9.17, 15) is 14.4 Å². The van der Waals surface area contributed by atoms with E-state index in [0.29, 0.717) is 29.4 Å². The minimum Gasteiger partial charge on any atom is -0.497 e. The third-order valence-electron chi connectivity index (χ3n) is 4.89. The molecule has 166 valence electrons. The van der Waals surface area contributed by atoms with Crippen molar-refractivity contribution in [3.8, 4) is 11.5 Å². The Balaban J connectivity index is 1.56. The number of nitrogens with one attached hydrogen (secondary N) is 1. The van der Waals surface area contributed by atoms with Crippen LogP contribution in [-0.4, -0.2) is 25.0 Å². The molecule has 1 aliphatic rings. The smallest absolute Gasteiger partial charge is 0.335 e. The first kappa shape index (κ1) is 22.3.